The molecule has 6 heteroatoms. The molecular formula is C25H24ClN5. The van der Waals surface area contributed by atoms with E-state index in [9.17, 15) is 0 Å². The highest BCUT2D eigenvalue weighted by atomic mass is 35.5. The molecule has 156 valence electrons. The third kappa shape index (κ3) is 4.84. The summed E-state index contributed by atoms with van der Waals surface area (Å²) in [6.07, 6.45) is 4.19. The van der Waals surface area contributed by atoms with E-state index < -0.39 is 0 Å². The molecule has 0 fully saturated rings. The summed E-state index contributed by atoms with van der Waals surface area (Å²) < 4.78 is 0. The molecule has 0 amide bonds. The van der Waals surface area contributed by atoms with Gasteiger partial charge in [-0.3, -0.25) is 9.97 Å². The van der Waals surface area contributed by atoms with Crippen molar-refractivity contribution in [3.05, 3.63) is 100 Å². The summed E-state index contributed by atoms with van der Waals surface area (Å²) >= 11 is 6.09. The highest BCUT2D eigenvalue weighted by Crippen LogP contribution is 2.21. The highest BCUT2D eigenvalue weighted by Gasteiger charge is 2.08. The monoisotopic (exact) mass is 429 g/mol. The Morgan fingerprint density at radius 3 is 2.74 bits per heavy atom. The van der Waals surface area contributed by atoms with Crippen molar-refractivity contribution in [3.8, 4) is 0 Å². The van der Waals surface area contributed by atoms with Crippen LogP contribution in [-0.4, -0.2) is 15.0 Å². The lowest BCUT2D eigenvalue weighted by atomic mass is 10.0. The van der Waals surface area contributed by atoms with Crippen LogP contribution in [0.1, 0.15) is 33.6 Å². The van der Waals surface area contributed by atoms with Crippen LogP contribution in [0.15, 0.2) is 61.4 Å². The quantitative estimate of drug-likeness (QED) is 0.439. The number of hydrogen-bond acceptors (Lipinski definition) is 5. The molecular weight excluding hydrogens is 406 g/mol. The van der Waals surface area contributed by atoms with Crippen LogP contribution in [0.3, 0.4) is 0 Å². The van der Waals surface area contributed by atoms with Gasteiger partial charge in [-0.25, -0.2) is 4.98 Å². The Morgan fingerprint density at radius 2 is 1.94 bits per heavy atom. The lowest BCUT2D eigenvalue weighted by Crippen LogP contribution is -2.14. The number of aromatic nitrogens is 3. The number of nitrogens with one attached hydrogen (secondary N) is 1. The van der Waals surface area contributed by atoms with Gasteiger partial charge in [-0.05, 0) is 66.9 Å². The number of fused-ring (bicyclic) bond motifs is 1. The largest absolute Gasteiger partial charge is 0.384 e. The van der Waals surface area contributed by atoms with Gasteiger partial charge in [0.25, 0.3) is 0 Å². The van der Waals surface area contributed by atoms with Gasteiger partial charge >= 0.3 is 0 Å². The molecule has 3 aromatic heterocycles. The van der Waals surface area contributed by atoms with Crippen LogP contribution in [0, 0.1) is 13.8 Å². The predicted octanol–water partition coefficient (Wildman–Crippen LogP) is 5.23. The van der Waals surface area contributed by atoms with Gasteiger partial charge in [0.05, 0.1) is 10.5 Å². The summed E-state index contributed by atoms with van der Waals surface area (Å²) in [6.45, 7) is 8.86. The maximum Gasteiger partial charge on any atom is 0.123 e. The number of halogens is 1. The zero-order valence-corrected chi connectivity index (χ0v) is 18.4. The molecule has 0 aliphatic rings. The number of aryl methyl sites for hydroxylation is 2. The van der Waals surface area contributed by atoms with Gasteiger partial charge < -0.3 is 11.1 Å². The normalized spacial score (nSPS) is 10.9. The summed E-state index contributed by atoms with van der Waals surface area (Å²) in [7, 11) is 0. The predicted molar refractivity (Wildman–Crippen MR) is 128 cm³/mol. The van der Waals surface area contributed by atoms with Crippen LogP contribution in [0.5, 0.6) is 0 Å². The van der Waals surface area contributed by atoms with Gasteiger partial charge in [0.2, 0.25) is 0 Å². The lowest BCUT2D eigenvalue weighted by Gasteiger charge is -2.14. The molecule has 4 aromatic rings. The molecule has 3 heterocycles. The van der Waals surface area contributed by atoms with Crippen LogP contribution in [0.25, 0.3) is 16.6 Å². The molecule has 4 rings (SSSR count). The van der Waals surface area contributed by atoms with Crippen LogP contribution >= 0.6 is 11.6 Å². The summed E-state index contributed by atoms with van der Waals surface area (Å²) in [5.74, 6) is 0.545. The zero-order chi connectivity index (χ0) is 22.0. The Balaban J connectivity index is 1.48. The average molecular weight is 430 g/mol. The molecule has 5 nitrogen and oxygen atoms in total. The summed E-state index contributed by atoms with van der Waals surface area (Å²) in [6, 6.07) is 14.0. The molecule has 0 spiro atoms. The Morgan fingerprint density at radius 1 is 1.10 bits per heavy atom. The number of nitrogens with zero attached hydrogens (tertiary/aromatic N) is 3. The Labute approximate surface area is 187 Å². The Hall–Kier alpha value is -3.44. The van der Waals surface area contributed by atoms with E-state index in [1.165, 1.54) is 0 Å². The minimum Gasteiger partial charge on any atom is -0.384 e. The molecule has 0 aliphatic heterocycles. The maximum absolute atomic E-state index is 6.09. The third-order valence-corrected chi connectivity index (χ3v) is 5.52. The maximum atomic E-state index is 6.09. The van der Waals surface area contributed by atoms with Gasteiger partial charge in [0.1, 0.15) is 5.82 Å². The first-order chi connectivity index (χ1) is 14.9. The van der Waals surface area contributed by atoms with Crippen molar-refractivity contribution in [2.45, 2.75) is 26.8 Å². The van der Waals surface area contributed by atoms with Crippen LogP contribution in [0.2, 0.25) is 5.02 Å². The first kappa shape index (κ1) is 20.8. The molecule has 0 bridgehead atoms. The number of benzene rings is 1. The molecule has 0 saturated carbocycles. The molecule has 31 heavy (non-hydrogen) atoms. The fraction of sp³-hybridized carbons (Fsp3) is 0.160. The third-order valence-electron chi connectivity index (χ3n) is 5.32. The molecule has 0 radical (unpaired) electrons. The lowest BCUT2D eigenvalue weighted by molar-refractivity contribution is 0.861. The van der Waals surface area contributed by atoms with E-state index >= 15 is 0 Å². The smallest absolute Gasteiger partial charge is 0.123 e. The van der Waals surface area contributed by atoms with Crippen molar-refractivity contribution >= 4 is 34.0 Å². The molecule has 3 N–H and O–H groups in total. The molecule has 0 unspecified atom stereocenters. The number of nitrogen functional groups attached to an aromatic ring is 1. The molecule has 1 aromatic carbocycles. The van der Waals surface area contributed by atoms with Gasteiger partial charge in [-0.1, -0.05) is 24.2 Å². The second kappa shape index (κ2) is 8.74. The fourth-order valence-corrected chi connectivity index (χ4v) is 3.85. The van der Waals surface area contributed by atoms with Crippen LogP contribution in [0.4, 0.5) is 5.82 Å². The van der Waals surface area contributed by atoms with E-state index in [2.05, 4.69) is 45.0 Å². The highest BCUT2D eigenvalue weighted by molar-refractivity contribution is 6.31. The standard InChI is InChI=1S/C25H24ClN5/c1-15-8-25(27)31-17(3)23(15)14-29-16(2)19-6-7-28-22(12-19)10-18-4-5-24-20(9-18)11-21(26)13-30-24/h4-9,11-13,29H,2,10,14H2,1,3H3,(H2,27,31). The Kier molecular flexibility index (Phi) is 5.87. The van der Waals surface area contributed by atoms with E-state index in [0.29, 0.717) is 23.8 Å². The van der Waals surface area contributed by atoms with E-state index in [0.717, 1.165) is 50.2 Å². The van der Waals surface area contributed by atoms with Crippen molar-refractivity contribution in [2.24, 2.45) is 0 Å². The van der Waals surface area contributed by atoms with Gasteiger partial charge in [-0.2, -0.15) is 0 Å². The number of anilines is 1. The summed E-state index contributed by atoms with van der Waals surface area (Å²) in [4.78, 5) is 13.2. The fourth-order valence-electron chi connectivity index (χ4n) is 3.69. The SMILES string of the molecule is C=C(NCc1c(C)cc(N)nc1C)c1ccnc(Cc2ccc3ncc(Cl)cc3c2)c1. The molecule has 0 atom stereocenters. The van der Waals surface area contributed by atoms with Crippen molar-refractivity contribution in [1.29, 1.82) is 0 Å². The number of hydrogen-bond donors (Lipinski definition) is 2. The second-order valence-corrected chi connectivity index (χ2v) is 8.09. The minimum atomic E-state index is 0.545. The van der Waals surface area contributed by atoms with E-state index in [1.54, 1.807) is 6.20 Å². The number of rotatable bonds is 6. The van der Waals surface area contributed by atoms with Crippen molar-refractivity contribution in [1.82, 2.24) is 20.3 Å². The zero-order valence-electron chi connectivity index (χ0n) is 17.6. The topological polar surface area (TPSA) is 76.7 Å². The number of nitrogens with two attached hydrogens (primary N) is 1. The molecule has 0 aliphatic carbocycles. The van der Waals surface area contributed by atoms with Crippen molar-refractivity contribution < 1.29 is 0 Å². The van der Waals surface area contributed by atoms with Crippen LogP contribution in [-0.2, 0) is 13.0 Å². The Bertz CT molecular complexity index is 1260. The van der Waals surface area contributed by atoms with Gasteiger partial charge in [0, 0.05) is 53.4 Å². The first-order valence-electron chi connectivity index (χ1n) is 10.0. The van der Waals surface area contributed by atoms with Crippen molar-refractivity contribution in [3.63, 3.8) is 0 Å². The van der Waals surface area contributed by atoms with E-state index in [1.807, 2.05) is 44.3 Å². The van der Waals surface area contributed by atoms with E-state index in [-0.39, 0.29) is 0 Å². The second-order valence-electron chi connectivity index (χ2n) is 7.65. The first-order valence-corrected chi connectivity index (χ1v) is 10.4. The average Bonchev–Trinajstić information content (AvgIpc) is 2.72. The molecule has 0 saturated heterocycles. The summed E-state index contributed by atoms with van der Waals surface area (Å²) in [5, 5.41) is 5.07. The summed E-state index contributed by atoms with van der Waals surface area (Å²) in [5.41, 5.74) is 13.9. The van der Waals surface area contributed by atoms with E-state index in [4.69, 9.17) is 17.3 Å². The number of pyridine rings is 3. The minimum absolute atomic E-state index is 0.545. The van der Waals surface area contributed by atoms with Crippen LogP contribution < -0.4 is 11.1 Å². The van der Waals surface area contributed by atoms with Crippen molar-refractivity contribution in [2.75, 3.05) is 5.73 Å². The van der Waals surface area contributed by atoms with Gasteiger partial charge in [-0.15, -0.1) is 0 Å². The van der Waals surface area contributed by atoms with Gasteiger partial charge in [0.15, 0.2) is 0 Å².